The summed E-state index contributed by atoms with van der Waals surface area (Å²) in [4.78, 5) is 0. The van der Waals surface area contributed by atoms with Crippen molar-refractivity contribution in [2.24, 2.45) is 17.6 Å². The highest BCUT2D eigenvalue weighted by atomic mass is 16.3. The molecule has 0 bridgehead atoms. The van der Waals surface area contributed by atoms with Crippen LogP contribution in [0.25, 0.3) is 0 Å². The van der Waals surface area contributed by atoms with E-state index in [1.807, 2.05) is 0 Å². The van der Waals surface area contributed by atoms with E-state index < -0.39 is 0 Å². The summed E-state index contributed by atoms with van der Waals surface area (Å²) in [5.41, 5.74) is 8.41. The van der Waals surface area contributed by atoms with Crippen LogP contribution in [-0.4, -0.2) is 17.8 Å². The summed E-state index contributed by atoms with van der Waals surface area (Å²) in [6.07, 6.45) is 2.21. The molecule has 1 saturated carbocycles. The predicted molar refractivity (Wildman–Crippen MR) is 80.2 cm³/mol. The third-order valence-corrected chi connectivity index (χ3v) is 4.60. The molecular weight excluding hydrogens is 234 g/mol. The summed E-state index contributed by atoms with van der Waals surface area (Å²) in [6, 6.07) is 8.60. The number of hydrogen-bond acceptors (Lipinski definition) is 2. The molecule has 2 heteroatoms. The first-order valence-corrected chi connectivity index (χ1v) is 7.52. The van der Waals surface area contributed by atoms with Crippen LogP contribution < -0.4 is 5.73 Å². The molecular formula is C17H27NO. The Morgan fingerprint density at radius 3 is 2.05 bits per heavy atom. The zero-order valence-corrected chi connectivity index (χ0v) is 12.3. The van der Waals surface area contributed by atoms with Crippen molar-refractivity contribution in [1.29, 1.82) is 0 Å². The van der Waals surface area contributed by atoms with E-state index in [1.165, 1.54) is 24.0 Å². The lowest BCUT2D eigenvalue weighted by Crippen LogP contribution is -2.32. The number of rotatable bonds is 6. The van der Waals surface area contributed by atoms with Crippen LogP contribution in [-0.2, 0) is 0 Å². The minimum absolute atomic E-state index is 0.0665. The van der Waals surface area contributed by atoms with Gasteiger partial charge in [0.2, 0.25) is 0 Å². The van der Waals surface area contributed by atoms with Crippen molar-refractivity contribution in [3.63, 3.8) is 0 Å². The Morgan fingerprint density at radius 2 is 1.63 bits per heavy atom. The van der Waals surface area contributed by atoms with Gasteiger partial charge in [-0.05, 0) is 41.7 Å². The van der Waals surface area contributed by atoms with E-state index in [0.29, 0.717) is 24.3 Å². The van der Waals surface area contributed by atoms with E-state index >= 15 is 0 Å². The molecule has 1 aromatic carbocycles. The Morgan fingerprint density at radius 1 is 1.11 bits per heavy atom. The van der Waals surface area contributed by atoms with Crippen LogP contribution in [0.4, 0.5) is 0 Å². The van der Waals surface area contributed by atoms with Crippen molar-refractivity contribution in [3.05, 3.63) is 35.4 Å². The third-order valence-electron chi connectivity index (χ3n) is 4.60. The van der Waals surface area contributed by atoms with Crippen LogP contribution >= 0.6 is 0 Å². The van der Waals surface area contributed by atoms with Crippen molar-refractivity contribution < 1.29 is 5.11 Å². The molecule has 0 saturated heterocycles. The largest absolute Gasteiger partial charge is 0.392 e. The lowest BCUT2D eigenvalue weighted by Gasteiger charge is -2.27. The zero-order valence-electron chi connectivity index (χ0n) is 12.3. The summed E-state index contributed by atoms with van der Waals surface area (Å²) < 4.78 is 0. The molecule has 0 aliphatic heterocycles. The van der Waals surface area contributed by atoms with Crippen molar-refractivity contribution in [1.82, 2.24) is 0 Å². The Labute approximate surface area is 117 Å². The van der Waals surface area contributed by atoms with Gasteiger partial charge in [0.15, 0.2) is 0 Å². The van der Waals surface area contributed by atoms with Crippen LogP contribution in [0.5, 0.6) is 0 Å². The Hall–Kier alpha value is -0.860. The predicted octanol–water partition coefficient (Wildman–Crippen LogP) is 3.26. The van der Waals surface area contributed by atoms with Crippen molar-refractivity contribution >= 4 is 0 Å². The average molecular weight is 261 g/mol. The van der Waals surface area contributed by atoms with E-state index in [-0.39, 0.29) is 12.0 Å². The van der Waals surface area contributed by atoms with Crippen LogP contribution in [0.15, 0.2) is 24.3 Å². The monoisotopic (exact) mass is 261 g/mol. The van der Waals surface area contributed by atoms with Crippen LogP contribution in [0.2, 0.25) is 0 Å². The number of hydrogen-bond donors (Lipinski definition) is 2. The van der Waals surface area contributed by atoms with Gasteiger partial charge in [0.05, 0.1) is 6.10 Å². The second-order valence-corrected chi connectivity index (χ2v) is 6.35. The van der Waals surface area contributed by atoms with E-state index in [4.69, 9.17) is 5.73 Å². The molecule has 0 aromatic heterocycles. The third kappa shape index (κ3) is 3.37. The van der Waals surface area contributed by atoms with Gasteiger partial charge in [-0.3, -0.25) is 0 Å². The molecule has 2 rings (SSSR count). The highest BCUT2D eigenvalue weighted by Crippen LogP contribution is 2.41. The summed E-state index contributed by atoms with van der Waals surface area (Å²) in [7, 11) is 0. The van der Waals surface area contributed by atoms with E-state index in [2.05, 4.69) is 45.0 Å². The minimum atomic E-state index is -0.317. The highest BCUT2D eigenvalue weighted by Gasteiger charge is 2.36. The minimum Gasteiger partial charge on any atom is -0.392 e. The van der Waals surface area contributed by atoms with Crippen molar-refractivity contribution in [3.8, 4) is 0 Å². The first-order valence-electron chi connectivity index (χ1n) is 7.52. The van der Waals surface area contributed by atoms with E-state index in [9.17, 15) is 5.11 Å². The quantitative estimate of drug-likeness (QED) is 0.825. The maximum Gasteiger partial charge on any atom is 0.0648 e. The first-order chi connectivity index (χ1) is 9.04. The zero-order chi connectivity index (χ0) is 14.0. The maximum absolute atomic E-state index is 10.5. The Bertz CT molecular complexity index is 394. The SMILES string of the molecule is CC(C)c1ccc(C(CN)C(O)C(C)C2CC2)cc1. The molecule has 19 heavy (non-hydrogen) atoms. The van der Waals surface area contributed by atoms with Gasteiger partial charge in [-0.25, -0.2) is 0 Å². The summed E-state index contributed by atoms with van der Waals surface area (Å²) in [6.45, 7) is 7.06. The molecule has 1 fully saturated rings. The smallest absolute Gasteiger partial charge is 0.0648 e. The molecule has 1 aromatic rings. The maximum atomic E-state index is 10.5. The normalized spacial score (nSPS) is 20.3. The van der Waals surface area contributed by atoms with Crippen LogP contribution in [0.3, 0.4) is 0 Å². The van der Waals surface area contributed by atoms with Gasteiger partial charge in [-0.15, -0.1) is 0 Å². The van der Waals surface area contributed by atoms with Gasteiger partial charge in [-0.2, -0.15) is 0 Å². The van der Waals surface area contributed by atoms with Gasteiger partial charge in [-0.1, -0.05) is 45.0 Å². The molecule has 1 aliphatic rings. The lowest BCUT2D eigenvalue weighted by atomic mass is 9.84. The van der Waals surface area contributed by atoms with Gasteiger partial charge < -0.3 is 10.8 Å². The lowest BCUT2D eigenvalue weighted by molar-refractivity contribution is 0.0801. The van der Waals surface area contributed by atoms with Gasteiger partial charge in [0.25, 0.3) is 0 Å². The Balaban J connectivity index is 2.11. The standard InChI is InChI=1S/C17H27NO/c1-11(2)13-4-8-15(9-5-13)16(10-18)17(19)12(3)14-6-7-14/h4-5,8-9,11-12,14,16-17,19H,6-7,10,18H2,1-3H3. The Kier molecular flexibility index (Phi) is 4.64. The number of benzene rings is 1. The van der Waals surface area contributed by atoms with Gasteiger partial charge >= 0.3 is 0 Å². The molecule has 3 unspecified atom stereocenters. The summed E-state index contributed by atoms with van der Waals surface area (Å²) in [5.74, 6) is 1.68. The molecule has 0 spiro atoms. The molecule has 106 valence electrons. The van der Waals surface area contributed by atoms with Crippen molar-refractivity contribution in [2.45, 2.75) is 51.6 Å². The molecule has 3 atom stereocenters. The fourth-order valence-electron chi connectivity index (χ4n) is 2.87. The van der Waals surface area contributed by atoms with Gasteiger partial charge in [0.1, 0.15) is 0 Å². The van der Waals surface area contributed by atoms with Crippen LogP contribution in [0, 0.1) is 11.8 Å². The number of nitrogens with two attached hydrogens (primary N) is 1. The first kappa shape index (κ1) is 14.5. The van der Waals surface area contributed by atoms with Crippen molar-refractivity contribution in [2.75, 3.05) is 6.54 Å². The topological polar surface area (TPSA) is 46.2 Å². The fraction of sp³-hybridized carbons (Fsp3) is 0.647. The second kappa shape index (κ2) is 6.06. The molecule has 1 aliphatic carbocycles. The van der Waals surface area contributed by atoms with Gasteiger partial charge in [0, 0.05) is 12.5 Å². The molecule has 0 amide bonds. The second-order valence-electron chi connectivity index (χ2n) is 6.35. The highest BCUT2D eigenvalue weighted by molar-refractivity contribution is 5.28. The molecule has 0 radical (unpaired) electrons. The molecule has 2 nitrogen and oxygen atoms in total. The number of aliphatic hydroxyl groups is 1. The summed E-state index contributed by atoms with van der Waals surface area (Å²) >= 11 is 0. The van der Waals surface area contributed by atoms with E-state index in [0.717, 1.165) is 0 Å². The fourth-order valence-corrected chi connectivity index (χ4v) is 2.87. The van der Waals surface area contributed by atoms with E-state index in [1.54, 1.807) is 0 Å². The molecule has 3 N–H and O–H groups in total. The molecule has 0 heterocycles. The summed E-state index contributed by atoms with van der Waals surface area (Å²) in [5, 5.41) is 10.5. The average Bonchev–Trinajstić information content (AvgIpc) is 3.23. The van der Waals surface area contributed by atoms with Crippen LogP contribution in [0.1, 0.15) is 56.6 Å². The number of aliphatic hydroxyl groups excluding tert-OH is 1.